The zero-order chi connectivity index (χ0) is 19.4. The molecule has 2 aromatic carbocycles. The molecule has 0 amide bonds. The van der Waals surface area contributed by atoms with Gasteiger partial charge in [-0.15, -0.1) is 0 Å². The second-order valence-electron chi connectivity index (χ2n) is 6.86. The van der Waals surface area contributed by atoms with E-state index in [4.69, 9.17) is 11.6 Å². The third-order valence-electron chi connectivity index (χ3n) is 5.34. The molecule has 2 atom stereocenters. The van der Waals surface area contributed by atoms with Crippen molar-refractivity contribution in [1.82, 2.24) is 4.98 Å². The second-order valence-corrected chi connectivity index (χ2v) is 8.73. The van der Waals surface area contributed by atoms with Crippen molar-refractivity contribution in [3.8, 4) is 6.07 Å². The number of nitriles is 1. The van der Waals surface area contributed by atoms with Crippen LogP contribution in [-0.4, -0.2) is 15.4 Å². The SMILES string of the molecule is CCC(CCC#N)(c1ccc(Cl)cc1)c1c[nH]c2c(CS(C)=O)cccc12. The monoisotopic (exact) mass is 398 g/mol. The molecule has 0 aliphatic heterocycles. The molecule has 0 bridgehead atoms. The Labute approximate surface area is 167 Å². The van der Waals surface area contributed by atoms with Crippen LogP contribution in [0.5, 0.6) is 0 Å². The first-order valence-electron chi connectivity index (χ1n) is 9.04. The second kappa shape index (κ2) is 8.29. The number of halogens is 1. The lowest BCUT2D eigenvalue weighted by molar-refractivity contribution is 0.465. The van der Waals surface area contributed by atoms with Crippen LogP contribution in [0.25, 0.3) is 10.9 Å². The molecule has 140 valence electrons. The Bertz CT molecular complexity index is 1000. The van der Waals surface area contributed by atoms with E-state index in [0.29, 0.717) is 17.2 Å². The van der Waals surface area contributed by atoms with Crippen molar-refractivity contribution in [2.24, 2.45) is 0 Å². The molecule has 3 aromatic rings. The molecular formula is C22H23ClN2OS. The maximum absolute atomic E-state index is 11.8. The van der Waals surface area contributed by atoms with Crippen molar-refractivity contribution in [2.75, 3.05) is 6.26 Å². The van der Waals surface area contributed by atoms with Crippen LogP contribution >= 0.6 is 11.6 Å². The van der Waals surface area contributed by atoms with Crippen LogP contribution in [0, 0.1) is 11.3 Å². The molecule has 1 N–H and O–H groups in total. The van der Waals surface area contributed by atoms with E-state index in [2.05, 4.69) is 42.4 Å². The standard InChI is InChI=1S/C22H23ClN2OS/c1-3-22(12-5-13-24,17-8-10-18(23)11-9-17)20-14-25-21-16(15-27(2)26)6-4-7-19(20)21/h4,6-11,14,25H,3,5,12,15H2,1-2H3. The molecule has 27 heavy (non-hydrogen) atoms. The summed E-state index contributed by atoms with van der Waals surface area (Å²) in [4.78, 5) is 3.42. The molecule has 0 fully saturated rings. The Morgan fingerprint density at radius 1 is 1.22 bits per heavy atom. The molecule has 0 spiro atoms. The summed E-state index contributed by atoms with van der Waals surface area (Å²) in [6, 6.07) is 16.4. The highest BCUT2D eigenvalue weighted by Crippen LogP contribution is 2.43. The number of para-hydroxylation sites is 1. The van der Waals surface area contributed by atoms with Crippen LogP contribution in [0.3, 0.4) is 0 Å². The normalized spacial score (nSPS) is 14.6. The summed E-state index contributed by atoms with van der Waals surface area (Å²) in [7, 11) is -0.907. The summed E-state index contributed by atoms with van der Waals surface area (Å²) >= 11 is 6.11. The predicted molar refractivity (Wildman–Crippen MR) is 113 cm³/mol. The smallest absolute Gasteiger partial charge is 0.0622 e. The van der Waals surface area contributed by atoms with E-state index in [1.165, 1.54) is 5.56 Å². The number of hydrogen-bond acceptors (Lipinski definition) is 2. The van der Waals surface area contributed by atoms with Crippen molar-refractivity contribution in [3.63, 3.8) is 0 Å². The number of hydrogen-bond donors (Lipinski definition) is 1. The highest BCUT2D eigenvalue weighted by Gasteiger charge is 2.34. The van der Waals surface area contributed by atoms with E-state index in [1.807, 2.05) is 24.3 Å². The summed E-state index contributed by atoms with van der Waals surface area (Å²) < 4.78 is 11.8. The van der Waals surface area contributed by atoms with Gasteiger partial charge in [-0.1, -0.05) is 48.9 Å². The van der Waals surface area contributed by atoms with Crippen LogP contribution < -0.4 is 0 Å². The molecule has 2 unspecified atom stereocenters. The minimum atomic E-state index is -0.907. The Kier molecular flexibility index (Phi) is 6.04. The average Bonchev–Trinajstić information content (AvgIpc) is 3.09. The molecule has 1 heterocycles. The van der Waals surface area contributed by atoms with Gasteiger partial charge in [0.25, 0.3) is 0 Å². The molecular weight excluding hydrogens is 376 g/mol. The van der Waals surface area contributed by atoms with Gasteiger partial charge < -0.3 is 4.98 Å². The fourth-order valence-electron chi connectivity index (χ4n) is 4.00. The van der Waals surface area contributed by atoms with Gasteiger partial charge in [0.1, 0.15) is 0 Å². The van der Waals surface area contributed by atoms with Gasteiger partial charge in [0, 0.05) is 51.0 Å². The fraction of sp³-hybridized carbons (Fsp3) is 0.318. The van der Waals surface area contributed by atoms with Gasteiger partial charge in [0.05, 0.1) is 11.8 Å². The highest BCUT2D eigenvalue weighted by molar-refractivity contribution is 7.83. The Balaban J connectivity index is 2.22. The third kappa shape index (κ3) is 3.81. The van der Waals surface area contributed by atoms with Gasteiger partial charge in [0.15, 0.2) is 0 Å². The van der Waals surface area contributed by atoms with E-state index >= 15 is 0 Å². The summed E-state index contributed by atoms with van der Waals surface area (Å²) in [6.45, 7) is 2.16. The van der Waals surface area contributed by atoms with Crippen molar-refractivity contribution in [2.45, 2.75) is 37.4 Å². The van der Waals surface area contributed by atoms with Gasteiger partial charge >= 0.3 is 0 Å². The number of nitrogens with zero attached hydrogens (tertiary/aromatic N) is 1. The molecule has 3 rings (SSSR count). The minimum absolute atomic E-state index is 0.275. The molecule has 0 saturated carbocycles. The summed E-state index contributed by atoms with van der Waals surface area (Å²) in [5.74, 6) is 0.523. The lowest BCUT2D eigenvalue weighted by Crippen LogP contribution is -2.26. The first-order chi connectivity index (χ1) is 13.0. The topological polar surface area (TPSA) is 56.6 Å². The number of nitrogens with one attached hydrogen (secondary N) is 1. The van der Waals surface area contributed by atoms with Crippen molar-refractivity contribution >= 4 is 33.3 Å². The van der Waals surface area contributed by atoms with Crippen molar-refractivity contribution < 1.29 is 4.21 Å². The first-order valence-corrected chi connectivity index (χ1v) is 11.1. The van der Waals surface area contributed by atoms with E-state index in [1.54, 1.807) is 6.26 Å². The van der Waals surface area contributed by atoms with Gasteiger partial charge in [-0.25, -0.2) is 0 Å². The quantitative estimate of drug-likeness (QED) is 0.554. The van der Waals surface area contributed by atoms with Crippen LogP contribution in [0.15, 0.2) is 48.7 Å². The third-order valence-corrected chi connectivity index (χ3v) is 6.31. The van der Waals surface area contributed by atoms with Crippen molar-refractivity contribution in [3.05, 3.63) is 70.4 Å². The van der Waals surface area contributed by atoms with E-state index in [-0.39, 0.29) is 5.41 Å². The Hall–Kier alpha value is -2.09. The lowest BCUT2D eigenvalue weighted by atomic mass is 9.69. The highest BCUT2D eigenvalue weighted by atomic mass is 35.5. The summed E-state index contributed by atoms with van der Waals surface area (Å²) in [5.41, 5.74) is 4.16. The number of fused-ring (bicyclic) bond motifs is 1. The molecule has 1 aromatic heterocycles. The lowest BCUT2D eigenvalue weighted by Gasteiger charge is -2.33. The Morgan fingerprint density at radius 2 is 1.96 bits per heavy atom. The van der Waals surface area contributed by atoms with Gasteiger partial charge in [-0.05, 0) is 41.7 Å². The number of aromatic amines is 1. The average molecular weight is 399 g/mol. The number of benzene rings is 2. The zero-order valence-electron chi connectivity index (χ0n) is 15.6. The van der Waals surface area contributed by atoms with Crippen LogP contribution in [-0.2, 0) is 22.0 Å². The number of rotatable bonds is 7. The molecule has 0 aliphatic carbocycles. The summed E-state index contributed by atoms with van der Waals surface area (Å²) in [5, 5.41) is 11.1. The van der Waals surface area contributed by atoms with E-state index < -0.39 is 10.8 Å². The largest absolute Gasteiger partial charge is 0.361 e. The number of aromatic nitrogens is 1. The zero-order valence-corrected chi connectivity index (χ0v) is 17.2. The molecule has 0 saturated heterocycles. The Morgan fingerprint density at radius 3 is 2.59 bits per heavy atom. The van der Waals surface area contributed by atoms with E-state index in [9.17, 15) is 9.47 Å². The maximum Gasteiger partial charge on any atom is 0.0622 e. The van der Waals surface area contributed by atoms with Crippen LogP contribution in [0.2, 0.25) is 5.02 Å². The van der Waals surface area contributed by atoms with Crippen molar-refractivity contribution in [1.29, 1.82) is 5.26 Å². The van der Waals surface area contributed by atoms with Crippen LogP contribution in [0.1, 0.15) is 42.9 Å². The van der Waals surface area contributed by atoms with E-state index in [0.717, 1.165) is 34.9 Å². The summed E-state index contributed by atoms with van der Waals surface area (Å²) in [6.07, 6.45) is 5.86. The molecule has 0 aliphatic rings. The fourth-order valence-corrected chi connectivity index (χ4v) is 4.80. The maximum atomic E-state index is 11.8. The van der Waals surface area contributed by atoms with Crippen LogP contribution in [0.4, 0.5) is 0 Å². The molecule has 0 radical (unpaired) electrons. The van der Waals surface area contributed by atoms with Gasteiger partial charge in [0.2, 0.25) is 0 Å². The molecule has 3 nitrogen and oxygen atoms in total. The van der Waals surface area contributed by atoms with Gasteiger partial charge in [-0.3, -0.25) is 4.21 Å². The first kappa shape index (κ1) is 19.7. The number of H-pyrrole nitrogens is 1. The molecule has 5 heteroatoms. The van der Waals surface area contributed by atoms with Gasteiger partial charge in [-0.2, -0.15) is 5.26 Å². The predicted octanol–water partition coefficient (Wildman–Crippen LogP) is 5.70. The minimum Gasteiger partial charge on any atom is -0.361 e.